The molecule has 144 valence electrons. The van der Waals surface area contributed by atoms with Gasteiger partial charge in [-0.3, -0.25) is 9.69 Å². The number of nitrogens with zero attached hydrogens (tertiary/aromatic N) is 1. The molecule has 1 N–H and O–H groups in total. The molecule has 0 spiro atoms. The predicted octanol–water partition coefficient (Wildman–Crippen LogP) is 3.90. The third-order valence-electron chi connectivity index (χ3n) is 4.86. The number of nitrogens with one attached hydrogen (secondary N) is 1. The van der Waals surface area contributed by atoms with Gasteiger partial charge >= 0.3 is 0 Å². The van der Waals surface area contributed by atoms with E-state index in [0.717, 1.165) is 12.1 Å². The molecular weight excluding hydrogens is 343 g/mol. The molecule has 4 nitrogen and oxygen atoms in total. The number of amides is 1. The second-order valence-electron chi connectivity index (χ2n) is 6.96. The van der Waals surface area contributed by atoms with Crippen LogP contribution in [0.25, 0.3) is 0 Å². The summed E-state index contributed by atoms with van der Waals surface area (Å²) < 4.78 is 19.3. The number of hydrogen-bond donors (Lipinski definition) is 1. The van der Waals surface area contributed by atoms with Crippen LogP contribution < -0.4 is 10.1 Å². The number of benzene rings is 2. The zero-order valence-corrected chi connectivity index (χ0v) is 15.8. The molecule has 1 heterocycles. The third-order valence-corrected chi connectivity index (χ3v) is 4.86. The standard InChI is InChI=1S/C22H27FN2O2/c1-2-20(27-21-8-4-3-7-19(21)23)22(26)24-15-17-9-11-18(12-10-17)16-25-13-5-6-14-25/h3-4,7-12,20H,2,5-6,13-16H2,1H3,(H,24,26)/t20-/m1/s1. The van der Waals surface area contributed by atoms with E-state index in [1.807, 2.05) is 19.1 Å². The summed E-state index contributed by atoms with van der Waals surface area (Å²) in [7, 11) is 0. The van der Waals surface area contributed by atoms with Crippen molar-refractivity contribution in [2.45, 2.75) is 45.4 Å². The van der Waals surface area contributed by atoms with E-state index in [2.05, 4.69) is 22.3 Å². The van der Waals surface area contributed by atoms with Crippen molar-refractivity contribution in [1.29, 1.82) is 0 Å². The van der Waals surface area contributed by atoms with Crippen LogP contribution in [0.15, 0.2) is 48.5 Å². The fourth-order valence-corrected chi connectivity index (χ4v) is 3.28. The van der Waals surface area contributed by atoms with Crippen LogP contribution in [0.2, 0.25) is 0 Å². The van der Waals surface area contributed by atoms with Gasteiger partial charge in [-0.15, -0.1) is 0 Å². The Morgan fingerprint density at radius 3 is 2.44 bits per heavy atom. The zero-order valence-electron chi connectivity index (χ0n) is 15.8. The van der Waals surface area contributed by atoms with Crippen LogP contribution in [0.4, 0.5) is 4.39 Å². The van der Waals surface area contributed by atoms with Crippen LogP contribution in [0.1, 0.15) is 37.3 Å². The number of likely N-dealkylation sites (tertiary alicyclic amines) is 1. The summed E-state index contributed by atoms with van der Waals surface area (Å²) in [6, 6.07) is 14.5. The Hall–Kier alpha value is -2.40. The number of carbonyl (C=O) groups is 1. The van der Waals surface area contributed by atoms with Gasteiger partial charge in [0.2, 0.25) is 0 Å². The van der Waals surface area contributed by atoms with Gasteiger partial charge in [-0.05, 0) is 55.6 Å². The Balaban J connectivity index is 1.50. The summed E-state index contributed by atoms with van der Waals surface area (Å²) in [5, 5.41) is 2.89. The highest BCUT2D eigenvalue weighted by Crippen LogP contribution is 2.18. The van der Waals surface area contributed by atoms with E-state index in [1.54, 1.807) is 12.1 Å². The molecule has 2 aromatic carbocycles. The molecule has 1 atom stereocenters. The van der Waals surface area contributed by atoms with Gasteiger partial charge in [-0.2, -0.15) is 0 Å². The summed E-state index contributed by atoms with van der Waals surface area (Å²) in [6.07, 6.45) is 2.33. The van der Waals surface area contributed by atoms with Crippen molar-refractivity contribution in [2.75, 3.05) is 13.1 Å². The van der Waals surface area contributed by atoms with Crippen LogP contribution in [0.5, 0.6) is 5.75 Å². The molecular formula is C22H27FN2O2. The Labute approximate surface area is 160 Å². The van der Waals surface area contributed by atoms with E-state index < -0.39 is 11.9 Å². The lowest BCUT2D eigenvalue weighted by molar-refractivity contribution is -0.128. The molecule has 0 saturated carbocycles. The molecule has 1 amide bonds. The van der Waals surface area contributed by atoms with Gasteiger partial charge < -0.3 is 10.1 Å². The van der Waals surface area contributed by atoms with E-state index in [4.69, 9.17) is 4.74 Å². The molecule has 0 aromatic heterocycles. The first-order valence-electron chi connectivity index (χ1n) is 9.65. The molecule has 1 fully saturated rings. The smallest absolute Gasteiger partial charge is 0.261 e. The quantitative estimate of drug-likeness (QED) is 0.766. The Bertz CT molecular complexity index is 742. The lowest BCUT2D eigenvalue weighted by Gasteiger charge is -2.18. The van der Waals surface area contributed by atoms with Gasteiger partial charge in [0, 0.05) is 13.1 Å². The molecule has 27 heavy (non-hydrogen) atoms. The molecule has 2 aromatic rings. The maximum absolute atomic E-state index is 13.7. The van der Waals surface area contributed by atoms with Gasteiger partial charge in [-0.1, -0.05) is 43.3 Å². The zero-order chi connectivity index (χ0) is 19.1. The Morgan fingerprint density at radius 2 is 1.78 bits per heavy atom. The average Bonchev–Trinajstić information content (AvgIpc) is 3.19. The summed E-state index contributed by atoms with van der Waals surface area (Å²) >= 11 is 0. The molecule has 0 unspecified atom stereocenters. The van der Waals surface area contributed by atoms with Crippen molar-refractivity contribution in [1.82, 2.24) is 10.2 Å². The number of rotatable bonds is 8. The second-order valence-corrected chi connectivity index (χ2v) is 6.96. The number of hydrogen-bond acceptors (Lipinski definition) is 3. The summed E-state index contributed by atoms with van der Waals surface area (Å²) in [5.41, 5.74) is 2.33. The summed E-state index contributed by atoms with van der Waals surface area (Å²) in [4.78, 5) is 14.9. The fourth-order valence-electron chi connectivity index (χ4n) is 3.28. The fraction of sp³-hybridized carbons (Fsp3) is 0.409. The van der Waals surface area contributed by atoms with E-state index in [1.165, 1.54) is 43.6 Å². The highest BCUT2D eigenvalue weighted by Gasteiger charge is 2.19. The van der Waals surface area contributed by atoms with E-state index in [-0.39, 0.29) is 11.7 Å². The SMILES string of the molecule is CC[C@@H](Oc1ccccc1F)C(=O)NCc1ccc(CN2CCCC2)cc1. The van der Waals surface area contributed by atoms with Gasteiger partial charge in [0.15, 0.2) is 17.7 Å². The largest absolute Gasteiger partial charge is 0.478 e. The van der Waals surface area contributed by atoms with E-state index in [9.17, 15) is 9.18 Å². The summed E-state index contributed by atoms with van der Waals surface area (Å²) in [5.74, 6) is -0.593. The van der Waals surface area contributed by atoms with Gasteiger partial charge in [0.25, 0.3) is 5.91 Å². The minimum Gasteiger partial charge on any atom is -0.478 e. The van der Waals surface area contributed by atoms with E-state index in [0.29, 0.717) is 13.0 Å². The van der Waals surface area contributed by atoms with Crippen molar-refractivity contribution >= 4 is 5.91 Å². The van der Waals surface area contributed by atoms with Crippen molar-refractivity contribution in [3.05, 3.63) is 65.5 Å². The highest BCUT2D eigenvalue weighted by molar-refractivity contribution is 5.81. The summed E-state index contributed by atoms with van der Waals surface area (Å²) in [6.45, 7) is 5.62. The topological polar surface area (TPSA) is 41.6 Å². The van der Waals surface area contributed by atoms with Crippen LogP contribution in [-0.4, -0.2) is 30.0 Å². The van der Waals surface area contributed by atoms with Crippen molar-refractivity contribution in [2.24, 2.45) is 0 Å². The molecule has 0 bridgehead atoms. The molecule has 0 aliphatic carbocycles. The van der Waals surface area contributed by atoms with Crippen LogP contribution in [0.3, 0.4) is 0 Å². The molecule has 3 rings (SSSR count). The van der Waals surface area contributed by atoms with Crippen molar-refractivity contribution in [3.63, 3.8) is 0 Å². The second kappa shape index (κ2) is 9.51. The minimum atomic E-state index is -0.712. The number of ether oxygens (including phenoxy) is 1. The van der Waals surface area contributed by atoms with E-state index >= 15 is 0 Å². The van der Waals surface area contributed by atoms with Crippen molar-refractivity contribution < 1.29 is 13.9 Å². The molecule has 1 aliphatic rings. The monoisotopic (exact) mass is 370 g/mol. The Kier molecular flexibility index (Phi) is 6.82. The van der Waals surface area contributed by atoms with Crippen LogP contribution in [0, 0.1) is 5.82 Å². The molecule has 1 saturated heterocycles. The van der Waals surface area contributed by atoms with Gasteiger partial charge in [0.1, 0.15) is 0 Å². The number of para-hydroxylation sites is 1. The maximum Gasteiger partial charge on any atom is 0.261 e. The molecule has 0 radical (unpaired) electrons. The molecule has 5 heteroatoms. The lowest BCUT2D eigenvalue weighted by Crippen LogP contribution is -2.37. The van der Waals surface area contributed by atoms with Crippen molar-refractivity contribution in [3.8, 4) is 5.75 Å². The normalized spacial score (nSPS) is 15.5. The van der Waals surface area contributed by atoms with Gasteiger partial charge in [0.05, 0.1) is 0 Å². The number of halogens is 1. The predicted molar refractivity (Wildman–Crippen MR) is 104 cm³/mol. The van der Waals surface area contributed by atoms with Gasteiger partial charge in [-0.25, -0.2) is 4.39 Å². The third kappa shape index (κ3) is 5.54. The van der Waals surface area contributed by atoms with Crippen LogP contribution in [-0.2, 0) is 17.9 Å². The first-order valence-corrected chi connectivity index (χ1v) is 9.65. The first-order chi connectivity index (χ1) is 13.2. The Morgan fingerprint density at radius 1 is 1.11 bits per heavy atom. The maximum atomic E-state index is 13.7. The first kappa shape index (κ1) is 19.4. The minimum absolute atomic E-state index is 0.103. The lowest BCUT2D eigenvalue weighted by atomic mass is 10.1. The average molecular weight is 370 g/mol. The number of carbonyl (C=O) groups excluding carboxylic acids is 1. The molecule has 1 aliphatic heterocycles. The highest BCUT2D eigenvalue weighted by atomic mass is 19.1. The van der Waals surface area contributed by atoms with Crippen LogP contribution >= 0.6 is 0 Å².